The van der Waals surface area contributed by atoms with Gasteiger partial charge in [0, 0.05) is 56.7 Å². The maximum atomic E-state index is 2.44. The van der Waals surface area contributed by atoms with E-state index in [1.54, 1.807) is 0 Å². The summed E-state index contributed by atoms with van der Waals surface area (Å²) < 4.78 is 0. The van der Waals surface area contributed by atoms with E-state index in [1.165, 1.54) is 107 Å². The first-order valence-electron chi connectivity index (χ1n) is 19.0. The zero-order valence-electron chi connectivity index (χ0n) is 31.4. The Morgan fingerprint density at radius 2 is 0.759 bits per heavy atom. The van der Waals surface area contributed by atoms with Crippen LogP contribution in [0.3, 0.4) is 0 Å². The first-order chi connectivity index (χ1) is 26.0. The van der Waals surface area contributed by atoms with Gasteiger partial charge in [-0.1, -0.05) is 192 Å². The second-order valence-electron chi connectivity index (χ2n) is 16.8. The van der Waals surface area contributed by atoms with Gasteiger partial charge in [0.1, 0.15) is 0 Å². The average molecular weight is 749 g/mol. The molecule has 0 amide bonds. The van der Waals surface area contributed by atoms with Gasteiger partial charge in [0.05, 0.1) is 0 Å². The zero-order valence-corrected chi connectivity index (χ0v) is 33.9. The van der Waals surface area contributed by atoms with Crippen molar-refractivity contribution in [3.63, 3.8) is 0 Å². The molecular formula is C51H40S3. The number of hydrogen-bond donors (Lipinski definition) is 0. The summed E-state index contributed by atoms with van der Waals surface area (Å²) in [5.41, 5.74) is 19.2. The molecule has 0 saturated carbocycles. The van der Waals surface area contributed by atoms with Crippen LogP contribution in [0.15, 0.2) is 163 Å². The molecule has 7 aromatic rings. The molecule has 0 fully saturated rings. The zero-order chi connectivity index (χ0) is 36.7. The predicted molar refractivity (Wildman–Crippen MR) is 230 cm³/mol. The van der Waals surface area contributed by atoms with Crippen molar-refractivity contribution in [1.29, 1.82) is 0 Å². The summed E-state index contributed by atoms with van der Waals surface area (Å²) in [6, 6.07) is 50.9. The smallest absolute Gasteiger partial charge is 0.0344 e. The van der Waals surface area contributed by atoms with Crippen LogP contribution in [0.5, 0.6) is 0 Å². The molecule has 0 aromatic heterocycles. The molecule has 7 aromatic carbocycles. The van der Waals surface area contributed by atoms with E-state index in [1.807, 2.05) is 35.3 Å². The van der Waals surface area contributed by atoms with Gasteiger partial charge in [0.25, 0.3) is 0 Å². The van der Waals surface area contributed by atoms with Crippen molar-refractivity contribution in [3.8, 4) is 44.5 Å². The van der Waals surface area contributed by atoms with Crippen LogP contribution in [0.25, 0.3) is 44.5 Å². The van der Waals surface area contributed by atoms with Crippen molar-refractivity contribution in [1.82, 2.24) is 0 Å². The lowest BCUT2D eigenvalue weighted by molar-refractivity contribution is 0.605. The van der Waals surface area contributed by atoms with Crippen LogP contribution in [0.1, 0.15) is 74.9 Å². The van der Waals surface area contributed by atoms with Gasteiger partial charge in [-0.25, -0.2) is 0 Å². The minimum Gasteiger partial charge on any atom is -0.0881 e. The summed E-state index contributed by atoms with van der Waals surface area (Å²) in [5.74, 6) is 0. The monoisotopic (exact) mass is 748 g/mol. The number of benzene rings is 7. The fourth-order valence-electron chi connectivity index (χ4n) is 9.90. The molecule has 2 aliphatic carbocycles. The Bertz CT molecular complexity index is 2780. The van der Waals surface area contributed by atoms with Crippen molar-refractivity contribution >= 4 is 35.3 Å². The third-order valence-corrected chi connectivity index (χ3v) is 16.7. The Morgan fingerprint density at radius 3 is 1.44 bits per heavy atom. The molecule has 3 heteroatoms. The normalized spacial score (nSPS) is 16.9. The lowest BCUT2D eigenvalue weighted by Crippen LogP contribution is -2.25. The quantitative estimate of drug-likeness (QED) is 0.173. The van der Waals surface area contributed by atoms with Crippen molar-refractivity contribution in [2.24, 2.45) is 0 Å². The predicted octanol–water partition coefficient (Wildman–Crippen LogP) is 15.0. The average Bonchev–Trinajstić information content (AvgIpc) is 3.57. The van der Waals surface area contributed by atoms with E-state index in [0.717, 1.165) is 0 Å². The fourth-order valence-corrected chi connectivity index (χ4v) is 14.2. The highest BCUT2D eigenvalue weighted by atomic mass is 32.2. The fraction of sp³-hybridized carbons (Fsp3) is 0.176. The highest BCUT2D eigenvalue weighted by molar-refractivity contribution is 8.05. The standard InChI is InChI=1S/C51H40S3/c1-49(2)35-20-9-7-16-33(35)43-37(49)24-25-40-47(43)53-45-31(18-12-22-39(45)51(40,5)6)29-14-11-15-30(28-29)32-19-13-23-41-46(32)54-48-42(52-41)27-26-38-44(48)34-17-8-10-21-36(34)50(38,3)4/h7-28H,1-6H3. The van der Waals surface area contributed by atoms with E-state index >= 15 is 0 Å². The molecule has 2 aliphatic heterocycles. The SMILES string of the molecule is CC1(C)c2cccc(-c3cccc(-c4cccc5c4Sc4c(ccc6c4-c4ccccc4C6(C)C)S5)c3)c2Sc2c1ccc1c2-c2ccccc2C1(C)C. The Kier molecular flexibility index (Phi) is 6.91. The van der Waals surface area contributed by atoms with Gasteiger partial charge < -0.3 is 0 Å². The van der Waals surface area contributed by atoms with Gasteiger partial charge in [-0.15, -0.1) is 0 Å². The van der Waals surface area contributed by atoms with Crippen LogP contribution >= 0.6 is 35.3 Å². The molecule has 0 radical (unpaired) electrons. The second kappa shape index (κ2) is 11.3. The van der Waals surface area contributed by atoms with Gasteiger partial charge in [0.15, 0.2) is 0 Å². The lowest BCUT2D eigenvalue weighted by atomic mass is 9.75. The second-order valence-corrected chi connectivity index (χ2v) is 20.0. The van der Waals surface area contributed by atoms with E-state index < -0.39 is 0 Å². The van der Waals surface area contributed by atoms with Gasteiger partial charge in [-0.3, -0.25) is 0 Å². The molecule has 4 aliphatic rings. The molecule has 0 unspecified atom stereocenters. The van der Waals surface area contributed by atoms with E-state index in [2.05, 4.69) is 175 Å². The molecule has 0 N–H and O–H groups in total. The van der Waals surface area contributed by atoms with Gasteiger partial charge in [0.2, 0.25) is 0 Å². The van der Waals surface area contributed by atoms with Crippen LogP contribution in [-0.2, 0) is 16.2 Å². The molecule has 0 atom stereocenters. The molecular weight excluding hydrogens is 709 g/mol. The summed E-state index contributed by atoms with van der Waals surface area (Å²) in [7, 11) is 0. The number of hydrogen-bond acceptors (Lipinski definition) is 3. The first kappa shape index (κ1) is 33.0. The summed E-state index contributed by atoms with van der Waals surface area (Å²) in [5, 5.41) is 0. The maximum Gasteiger partial charge on any atom is 0.0344 e. The highest BCUT2D eigenvalue weighted by Gasteiger charge is 2.43. The third kappa shape index (κ3) is 4.38. The van der Waals surface area contributed by atoms with Gasteiger partial charge >= 0.3 is 0 Å². The molecule has 0 nitrogen and oxygen atoms in total. The van der Waals surface area contributed by atoms with Gasteiger partial charge in [-0.2, -0.15) is 0 Å². The van der Waals surface area contributed by atoms with Crippen LogP contribution < -0.4 is 0 Å². The Labute approximate surface area is 331 Å². The Morgan fingerprint density at radius 1 is 0.315 bits per heavy atom. The minimum atomic E-state index is -0.132. The van der Waals surface area contributed by atoms with Crippen molar-refractivity contribution in [2.75, 3.05) is 0 Å². The Balaban J connectivity index is 1.03. The lowest BCUT2D eigenvalue weighted by Gasteiger charge is -2.37. The van der Waals surface area contributed by atoms with Gasteiger partial charge in [-0.05, 0) is 85.0 Å². The van der Waals surface area contributed by atoms with E-state index in [0.29, 0.717) is 0 Å². The third-order valence-electron chi connectivity index (χ3n) is 12.8. The summed E-state index contributed by atoms with van der Waals surface area (Å²) in [6.07, 6.45) is 0. The van der Waals surface area contributed by atoms with Crippen LogP contribution in [0.2, 0.25) is 0 Å². The largest absolute Gasteiger partial charge is 0.0881 e. The number of fused-ring (bicyclic) bond motifs is 12. The van der Waals surface area contributed by atoms with Crippen LogP contribution in [-0.4, -0.2) is 0 Å². The summed E-state index contributed by atoms with van der Waals surface area (Å²) >= 11 is 5.89. The summed E-state index contributed by atoms with van der Waals surface area (Å²) in [4.78, 5) is 8.26. The summed E-state index contributed by atoms with van der Waals surface area (Å²) in [6.45, 7) is 14.4. The molecule has 0 saturated heterocycles. The molecule has 0 bridgehead atoms. The topological polar surface area (TPSA) is 0 Å². The van der Waals surface area contributed by atoms with Crippen molar-refractivity contribution in [2.45, 2.75) is 87.2 Å². The van der Waals surface area contributed by atoms with E-state index in [4.69, 9.17) is 0 Å². The minimum absolute atomic E-state index is 0.0120. The number of rotatable bonds is 2. The Hall–Kier alpha value is -4.41. The first-order valence-corrected chi connectivity index (χ1v) is 21.5. The molecule has 2 heterocycles. The van der Waals surface area contributed by atoms with E-state index in [-0.39, 0.29) is 16.2 Å². The van der Waals surface area contributed by atoms with Crippen LogP contribution in [0, 0.1) is 0 Å². The van der Waals surface area contributed by atoms with Crippen molar-refractivity contribution < 1.29 is 0 Å². The molecule has 262 valence electrons. The molecule has 11 rings (SSSR count). The highest BCUT2D eigenvalue weighted by Crippen LogP contribution is 2.62. The molecule has 0 spiro atoms. The van der Waals surface area contributed by atoms with Crippen LogP contribution in [0.4, 0.5) is 0 Å². The molecule has 54 heavy (non-hydrogen) atoms. The maximum absolute atomic E-state index is 2.44. The van der Waals surface area contributed by atoms with E-state index in [9.17, 15) is 0 Å². The van der Waals surface area contributed by atoms with Crippen molar-refractivity contribution in [3.05, 3.63) is 167 Å².